The van der Waals surface area contributed by atoms with Crippen LogP contribution in [-0.4, -0.2) is 30.7 Å². The Kier molecular flexibility index (Phi) is 4.97. The van der Waals surface area contributed by atoms with Gasteiger partial charge >= 0.3 is 0 Å². The molecular weight excluding hydrogens is 327 g/mol. The fraction of sp³-hybridized carbons (Fsp3) is 0.278. The molecule has 126 valence electrons. The topological polar surface area (TPSA) is 43.3 Å². The molecule has 0 aliphatic heterocycles. The summed E-state index contributed by atoms with van der Waals surface area (Å²) in [5.74, 6) is -0.423. The van der Waals surface area contributed by atoms with E-state index in [0.29, 0.717) is 25.4 Å². The monoisotopic (exact) mass is 346 g/mol. The number of ether oxygens (including phenoxy) is 1. The first-order valence-electron chi connectivity index (χ1n) is 7.69. The van der Waals surface area contributed by atoms with Crippen LogP contribution in [-0.2, 0) is 11.3 Å². The molecule has 0 atom stereocenters. The van der Waals surface area contributed by atoms with Crippen molar-refractivity contribution in [2.45, 2.75) is 13.5 Å². The lowest BCUT2D eigenvalue weighted by atomic mass is 10.2. The van der Waals surface area contributed by atoms with Crippen LogP contribution in [0.5, 0.6) is 0 Å². The van der Waals surface area contributed by atoms with Crippen molar-refractivity contribution in [1.82, 2.24) is 9.88 Å². The molecule has 1 amide bonds. The molecule has 0 spiro atoms. The number of nitrogens with zero attached hydrogens (tertiary/aromatic N) is 1. The number of halogens is 1. The van der Waals surface area contributed by atoms with Gasteiger partial charge in [-0.3, -0.25) is 4.79 Å². The normalized spacial score (nSPS) is 11.1. The van der Waals surface area contributed by atoms with Crippen LogP contribution in [0.15, 0.2) is 36.4 Å². The van der Waals surface area contributed by atoms with Crippen molar-refractivity contribution < 1.29 is 13.9 Å². The highest BCUT2D eigenvalue weighted by molar-refractivity contribution is 7.19. The molecule has 0 bridgehead atoms. The van der Waals surface area contributed by atoms with Crippen molar-refractivity contribution in [3.8, 4) is 0 Å². The molecule has 24 heavy (non-hydrogen) atoms. The van der Waals surface area contributed by atoms with Gasteiger partial charge in [0.1, 0.15) is 11.5 Å². The lowest BCUT2D eigenvalue weighted by Gasteiger charge is -2.11. The highest BCUT2D eigenvalue weighted by Crippen LogP contribution is 2.29. The molecule has 4 nitrogen and oxygen atoms in total. The van der Waals surface area contributed by atoms with E-state index in [1.165, 1.54) is 17.0 Å². The standard InChI is InChI=1S/C18H19FN2O2S/c1-12-8-15-17(24-12)10-16(18(22)20-6-7-23-2)21(15)11-13-4-3-5-14(19)9-13/h3-5,8-10H,6-7,11H2,1-2H3,(H,20,22). The number of hydrogen-bond acceptors (Lipinski definition) is 3. The predicted molar refractivity (Wildman–Crippen MR) is 94.3 cm³/mol. The summed E-state index contributed by atoms with van der Waals surface area (Å²) >= 11 is 1.65. The largest absolute Gasteiger partial charge is 0.383 e. The van der Waals surface area contributed by atoms with Crippen LogP contribution < -0.4 is 5.32 Å². The molecule has 1 aromatic carbocycles. The quantitative estimate of drug-likeness (QED) is 0.694. The summed E-state index contributed by atoms with van der Waals surface area (Å²) in [6, 6.07) is 10.4. The van der Waals surface area contributed by atoms with E-state index in [1.807, 2.05) is 23.6 Å². The summed E-state index contributed by atoms with van der Waals surface area (Å²) < 4.78 is 21.4. The van der Waals surface area contributed by atoms with E-state index in [2.05, 4.69) is 11.4 Å². The zero-order valence-electron chi connectivity index (χ0n) is 13.6. The molecule has 3 aromatic rings. The van der Waals surface area contributed by atoms with Crippen LogP contribution in [0.2, 0.25) is 0 Å². The van der Waals surface area contributed by atoms with Crippen molar-refractivity contribution in [3.63, 3.8) is 0 Å². The van der Waals surface area contributed by atoms with E-state index in [1.54, 1.807) is 24.5 Å². The van der Waals surface area contributed by atoms with Crippen molar-refractivity contribution in [2.75, 3.05) is 20.3 Å². The zero-order chi connectivity index (χ0) is 17.1. The third-order valence-corrected chi connectivity index (χ3v) is 4.75. The molecule has 0 saturated carbocycles. The van der Waals surface area contributed by atoms with Gasteiger partial charge in [-0.1, -0.05) is 12.1 Å². The Bertz CT molecular complexity index is 869. The van der Waals surface area contributed by atoms with E-state index in [0.717, 1.165) is 15.8 Å². The minimum absolute atomic E-state index is 0.149. The highest BCUT2D eigenvalue weighted by Gasteiger charge is 2.17. The number of carbonyl (C=O) groups is 1. The zero-order valence-corrected chi connectivity index (χ0v) is 14.5. The fourth-order valence-electron chi connectivity index (χ4n) is 2.70. The number of aromatic nitrogens is 1. The molecule has 2 aromatic heterocycles. The Labute approximate surface area is 143 Å². The SMILES string of the molecule is COCCNC(=O)c1cc2sc(C)cc2n1Cc1cccc(F)c1. The molecule has 3 rings (SSSR count). The maximum absolute atomic E-state index is 13.5. The van der Waals surface area contributed by atoms with E-state index in [4.69, 9.17) is 4.74 Å². The Morgan fingerprint density at radius 3 is 2.92 bits per heavy atom. The third-order valence-electron chi connectivity index (χ3n) is 3.77. The maximum atomic E-state index is 13.5. The molecular formula is C18H19FN2O2S. The number of rotatable bonds is 6. The van der Waals surface area contributed by atoms with Gasteiger partial charge in [0.15, 0.2) is 0 Å². The smallest absolute Gasteiger partial charge is 0.268 e. The van der Waals surface area contributed by atoms with E-state index >= 15 is 0 Å². The summed E-state index contributed by atoms with van der Waals surface area (Å²) in [7, 11) is 1.59. The maximum Gasteiger partial charge on any atom is 0.268 e. The predicted octanol–water partition coefficient (Wildman–Crippen LogP) is 3.57. The summed E-state index contributed by atoms with van der Waals surface area (Å²) in [4.78, 5) is 13.7. The van der Waals surface area contributed by atoms with E-state index in [-0.39, 0.29) is 11.7 Å². The summed E-state index contributed by atoms with van der Waals surface area (Å²) in [5.41, 5.74) is 2.40. The number of nitrogens with one attached hydrogen (secondary N) is 1. The molecule has 6 heteroatoms. The van der Waals surface area contributed by atoms with Crippen molar-refractivity contribution in [3.05, 3.63) is 58.3 Å². The van der Waals surface area contributed by atoms with Gasteiger partial charge in [-0.2, -0.15) is 0 Å². The number of aryl methyl sites for hydroxylation is 1. The molecule has 0 unspecified atom stereocenters. The first kappa shape index (κ1) is 16.7. The Hall–Kier alpha value is -2.18. The van der Waals surface area contributed by atoms with Gasteiger partial charge in [-0.15, -0.1) is 11.3 Å². The molecule has 0 aliphatic rings. The minimum atomic E-state index is -0.275. The lowest BCUT2D eigenvalue weighted by molar-refractivity contribution is 0.0928. The highest BCUT2D eigenvalue weighted by atomic mass is 32.1. The van der Waals surface area contributed by atoms with E-state index in [9.17, 15) is 9.18 Å². The van der Waals surface area contributed by atoms with Gasteiger partial charge in [-0.25, -0.2) is 4.39 Å². The summed E-state index contributed by atoms with van der Waals surface area (Å²) in [6.45, 7) is 3.40. The van der Waals surface area contributed by atoms with Gasteiger partial charge in [0.2, 0.25) is 0 Å². The van der Waals surface area contributed by atoms with Crippen LogP contribution in [0.1, 0.15) is 20.9 Å². The molecule has 1 N–H and O–H groups in total. The second-order valence-corrected chi connectivity index (χ2v) is 6.89. The number of thiophene rings is 1. The van der Waals surface area contributed by atoms with Gasteiger partial charge < -0.3 is 14.6 Å². The lowest BCUT2D eigenvalue weighted by Crippen LogP contribution is -2.29. The van der Waals surface area contributed by atoms with Crippen LogP contribution in [0.4, 0.5) is 4.39 Å². The molecule has 2 heterocycles. The Balaban J connectivity index is 1.96. The first-order chi connectivity index (χ1) is 11.6. The number of hydrogen-bond donors (Lipinski definition) is 1. The molecule has 0 aliphatic carbocycles. The van der Waals surface area contributed by atoms with Crippen molar-refractivity contribution in [2.24, 2.45) is 0 Å². The number of amides is 1. The number of carbonyl (C=O) groups excluding carboxylic acids is 1. The van der Waals surface area contributed by atoms with Crippen molar-refractivity contribution in [1.29, 1.82) is 0 Å². The Morgan fingerprint density at radius 2 is 2.17 bits per heavy atom. The van der Waals surface area contributed by atoms with Gasteiger partial charge in [0.05, 0.1) is 16.8 Å². The summed E-state index contributed by atoms with van der Waals surface area (Å²) in [5, 5.41) is 2.85. The third kappa shape index (κ3) is 3.49. The second kappa shape index (κ2) is 7.15. The fourth-order valence-corrected chi connectivity index (χ4v) is 3.66. The minimum Gasteiger partial charge on any atom is -0.383 e. The number of methoxy groups -OCH3 is 1. The van der Waals surface area contributed by atoms with Crippen LogP contribution in [0, 0.1) is 12.7 Å². The van der Waals surface area contributed by atoms with Gasteiger partial charge in [0, 0.05) is 25.1 Å². The van der Waals surface area contributed by atoms with Gasteiger partial charge in [0.25, 0.3) is 5.91 Å². The van der Waals surface area contributed by atoms with Crippen LogP contribution >= 0.6 is 11.3 Å². The molecule has 0 saturated heterocycles. The Morgan fingerprint density at radius 1 is 1.33 bits per heavy atom. The van der Waals surface area contributed by atoms with Crippen molar-refractivity contribution >= 4 is 27.5 Å². The van der Waals surface area contributed by atoms with Crippen LogP contribution in [0.25, 0.3) is 10.2 Å². The first-order valence-corrected chi connectivity index (χ1v) is 8.51. The average Bonchev–Trinajstić information content (AvgIpc) is 3.05. The number of fused-ring (bicyclic) bond motifs is 1. The van der Waals surface area contributed by atoms with Crippen LogP contribution in [0.3, 0.4) is 0 Å². The molecule has 0 radical (unpaired) electrons. The van der Waals surface area contributed by atoms with E-state index < -0.39 is 0 Å². The molecule has 0 fully saturated rings. The average molecular weight is 346 g/mol. The van der Waals surface area contributed by atoms with Gasteiger partial charge in [-0.05, 0) is 36.8 Å². The second-order valence-electron chi connectivity index (χ2n) is 5.60. The number of benzene rings is 1. The summed E-state index contributed by atoms with van der Waals surface area (Å²) in [6.07, 6.45) is 0.